The normalized spacial score (nSPS) is 16.1. The van der Waals surface area contributed by atoms with Crippen molar-refractivity contribution in [1.29, 1.82) is 0 Å². The number of nitrogens with zero attached hydrogens (tertiary/aromatic N) is 1. The summed E-state index contributed by atoms with van der Waals surface area (Å²) in [5.41, 5.74) is 7.32. The van der Waals surface area contributed by atoms with Crippen molar-refractivity contribution in [3.63, 3.8) is 0 Å². The minimum atomic E-state index is -0.435. The summed E-state index contributed by atoms with van der Waals surface area (Å²) in [5.74, 6) is 1.34. The summed E-state index contributed by atoms with van der Waals surface area (Å²) in [5, 5.41) is 0. The van der Waals surface area contributed by atoms with E-state index in [0.29, 0.717) is 18.2 Å². The van der Waals surface area contributed by atoms with Crippen molar-refractivity contribution < 1.29 is 14.3 Å². The van der Waals surface area contributed by atoms with Crippen molar-refractivity contribution in [1.82, 2.24) is 4.90 Å². The van der Waals surface area contributed by atoms with Crippen molar-refractivity contribution in [3.05, 3.63) is 23.8 Å². The maximum atomic E-state index is 12.1. The quantitative estimate of drug-likeness (QED) is 0.846. The summed E-state index contributed by atoms with van der Waals surface area (Å²) in [6.45, 7) is 9.88. The second kappa shape index (κ2) is 7.77. The van der Waals surface area contributed by atoms with E-state index in [1.54, 1.807) is 4.90 Å². The van der Waals surface area contributed by atoms with Crippen molar-refractivity contribution in [2.45, 2.75) is 52.6 Å². The highest BCUT2D eigenvalue weighted by Gasteiger charge is 2.26. The highest BCUT2D eigenvalue weighted by atomic mass is 16.6. The molecule has 1 aliphatic rings. The van der Waals surface area contributed by atoms with Crippen LogP contribution in [-0.4, -0.2) is 36.3 Å². The van der Waals surface area contributed by atoms with Gasteiger partial charge in [0.1, 0.15) is 11.4 Å². The molecule has 0 bridgehead atoms. The number of nitrogen functional groups attached to an aromatic ring is 1. The molecule has 0 aliphatic carbocycles. The van der Waals surface area contributed by atoms with Crippen LogP contribution in [0.3, 0.4) is 0 Å². The molecule has 0 unspecified atom stereocenters. The first-order valence-corrected chi connectivity index (χ1v) is 8.71. The summed E-state index contributed by atoms with van der Waals surface area (Å²) in [4.78, 5) is 13.9. The van der Waals surface area contributed by atoms with Gasteiger partial charge in [0.2, 0.25) is 0 Å². The minimum Gasteiger partial charge on any atom is -0.491 e. The van der Waals surface area contributed by atoms with Crippen LogP contribution in [-0.2, 0) is 4.74 Å². The molecule has 5 nitrogen and oxygen atoms in total. The van der Waals surface area contributed by atoms with E-state index in [4.69, 9.17) is 15.2 Å². The van der Waals surface area contributed by atoms with Gasteiger partial charge in [-0.2, -0.15) is 0 Å². The van der Waals surface area contributed by atoms with E-state index >= 15 is 0 Å². The largest absolute Gasteiger partial charge is 0.491 e. The van der Waals surface area contributed by atoms with Crippen LogP contribution in [0.15, 0.2) is 18.2 Å². The summed E-state index contributed by atoms with van der Waals surface area (Å²) in [7, 11) is 0. The van der Waals surface area contributed by atoms with Gasteiger partial charge in [-0.05, 0) is 70.6 Å². The van der Waals surface area contributed by atoms with E-state index in [1.807, 2.05) is 45.9 Å². The van der Waals surface area contributed by atoms with E-state index in [0.717, 1.165) is 43.7 Å². The molecule has 0 spiro atoms. The number of carbonyl (C=O) groups excluding carboxylic acids is 1. The molecule has 24 heavy (non-hydrogen) atoms. The number of anilines is 1. The molecule has 1 aliphatic heterocycles. The molecule has 134 valence electrons. The number of amides is 1. The van der Waals surface area contributed by atoms with Crippen molar-refractivity contribution in [2.24, 2.45) is 5.92 Å². The van der Waals surface area contributed by atoms with Gasteiger partial charge in [-0.3, -0.25) is 0 Å². The second-order valence-electron chi connectivity index (χ2n) is 7.59. The lowest BCUT2D eigenvalue weighted by molar-refractivity contribution is 0.0177. The fourth-order valence-corrected chi connectivity index (χ4v) is 2.83. The van der Waals surface area contributed by atoms with Gasteiger partial charge in [-0.15, -0.1) is 0 Å². The Labute approximate surface area is 145 Å². The van der Waals surface area contributed by atoms with E-state index in [-0.39, 0.29) is 6.09 Å². The number of aryl methyl sites for hydroxylation is 1. The number of ether oxygens (including phenoxy) is 2. The third kappa shape index (κ3) is 5.62. The monoisotopic (exact) mass is 334 g/mol. The Bertz CT molecular complexity index is 558. The highest BCUT2D eigenvalue weighted by molar-refractivity contribution is 5.68. The second-order valence-corrected chi connectivity index (χ2v) is 7.59. The summed E-state index contributed by atoms with van der Waals surface area (Å²) < 4.78 is 11.3. The van der Waals surface area contributed by atoms with Crippen molar-refractivity contribution >= 4 is 11.8 Å². The summed E-state index contributed by atoms with van der Waals surface area (Å²) >= 11 is 0. The minimum absolute atomic E-state index is 0.204. The first-order valence-electron chi connectivity index (χ1n) is 8.71. The number of piperidine rings is 1. The molecule has 0 radical (unpaired) electrons. The first-order chi connectivity index (χ1) is 11.2. The van der Waals surface area contributed by atoms with Crippen LogP contribution < -0.4 is 10.5 Å². The van der Waals surface area contributed by atoms with Crippen LogP contribution in [0.4, 0.5) is 10.5 Å². The number of hydrogen-bond donors (Lipinski definition) is 1. The van der Waals surface area contributed by atoms with Crippen LogP contribution in [0.25, 0.3) is 0 Å². The number of carbonyl (C=O) groups is 1. The molecule has 2 rings (SSSR count). The molecule has 1 amide bonds. The molecular formula is C19H30N2O3. The third-order valence-electron chi connectivity index (χ3n) is 4.22. The molecule has 2 N–H and O–H groups in total. The molecule has 5 heteroatoms. The Hall–Kier alpha value is -1.91. The smallest absolute Gasteiger partial charge is 0.410 e. The molecule has 1 aromatic carbocycles. The lowest BCUT2D eigenvalue weighted by Crippen LogP contribution is -2.41. The molecule has 0 saturated carbocycles. The average molecular weight is 334 g/mol. The van der Waals surface area contributed by atoms with Crippen molar-refractivity contribution in [2.75, 3.05) is 25.4 Å². The molecule has 1 fully saturated rings. The third-order valence-corrected chi connectivity index (χ3v) is 4.22. The first kappa shape index (κ1) is 18.4. The van der Waals surface area contributed by atoms with E-state index < -0.39 is 5.60 Å². The van der Waals surface area contributed by atoms with Gasteiger partial charge in [-0.1, -0.05) is 6.07 Å². The van der Waals surface area contributed by atoms with Crippen molar-refractivity contribution in [3.8, 4) is 5.75 Å². The van der Waals surface area contributed by atoms with Crippen LogP contribution in [0.5, 0.6) is 5.75 Å². The molecule has 1 aromatic rings. The number of nitrogens with two attached hydrogens (primary N) is 1. The fraction of sp³-hybridized carbons (Fsp3) is 0.632. The predicted octanol–water partition coefficient (Wildman–Crippen LogP) is 3.99. The van der Waals surface area contributed by atoms with E-state index in [2.05, 4.69) is 0 Å². The van der Waals surface area contributed by atoms with Gasteiger partial charge in [0.05, 0.1) is 12.3 Å². The Morgan fingerprint density at radius 2 is 1.96 bits per heavy atom. The standard InChI is InChI=1S/C19H30N2O3/c1-14-5-6-16(20)17(13-14)23-12-9-15-7-10-21(11-8-15)18(22)24-19(2,3)4/h5-6,13,15H,7-12,20H2,1-4H3. The van der Waals surface area contributed by atoms with E-state index in [9.17, 15) is 4.79 Å². The summed E-state index contributed by atoms with van der Waals surface area (Å²) in [6.07, 6.45) is 2.76. The molecule has 0 atom stereocenters. The van der Waals surface area contributed by atoms with Gasteiger partial charge >= 0.3 is 6.09 Å². The number of benzene rings is 1. The Morgan fingerprint density at radius 3 is 2.58 bits per heavy atom. The molecule has 1 heterocycles. The van der Waals surface area contributed by atoms with Gasteiger partial charge in [-0.25, -0.2) is 4.79 Å². The van der Waals surface area contributed by atoms with Crippen LogP contribution in [0.1, 0.15) is 45.6 Å². The number of rotatable bonds is 4. The lowest BCUT2D eigenvalue weighted by atomic mass is 9.94. The summed E-state index contributed by atoms with van der Waals surface area (Å²) in [6, 6.07) is 5.83. The highest BCUT2D eigenvalue weighted by Crippen LogP contribution is 2.25. The number of likely N-dealkylation sites (tertiary alicyclic amines) is 1. The predicted molar refractivity (Wildman–Crippen MR) is 96.2 cm³/mol. The lowest BCUT2D eigenvalue weighted by Gasteiger charge is -2.33. The molecule has 1 saturated heterocycles. The van der Waals surface area contributed by atoms with Crippen LogP contribution in [0.2, 0.25) is 0 Å². The Kier molecular flexibility index (Phi) is 5.97. The van der Waals surface area contributed by atoms with Crippen LogP contribution in [0, 0.1) is 12.8 Å². The molecule has 0 aromatic heterocycles. The average Bonchev–Trinajstić information content (AvgIpc) is 2.49. The topological polar surface area (TPSA) is 64.8 Å². The van der Waals surface area contributed by atoms with Gasteiger partial charge in [0.15, 0.2) is 0 Å². The maximum absolute atomic E-state index is 12.1. The zero-order valence-electron chi connectivity index (χ0n) is 15.3. The van der Waals surface area contributed by atoms with Crippen LogP contribution >= 0.6 is 0 Å². The van der Waals surface area contributed by atoms with E-state index in [1.165, 1.54) is 0 Å². The zero-order chi connectivity index (χ0) is 17.7. The SMILES string of the molecule is Cc1ccc(N)c(OCCC2CCN(C(=O)OC(C)(C)C)CC2)c1. The number of hydrogen-bond acceptors (Lipinski definition) is 4. The maximum Gasteiger partial charge on any atom is 0.410 e. The van der Waals surface area contributed by atoms with Gasteiger partial charge < -0.3 is 20.1 Å². The van der Waals surface area contributed by atoms with Gasteiger partial charge in [0.25, 0.3) is 0 Å². The molecular weight excluding hydrogens is 304 g/mol. The zero-order valence-corrected chi connectivity index (χ0v) is 15.3. The Balaban J connectivity index is 1.72. The fourth-order valence-electron chi connectivity index (χ4n) is 2.83. The Morgan fingerprint density at radius 1 is 1.29 bits per heavy atom. The van der Waals surface area contributed by atoms with Gasteiger partial charge in [0, 0.05) is 13.1 Å².